The third-order valence-corrected chi connectivity index (χ3v) is 9.30. The van der Waals surface area contributed by atoms with E-state index in [1.807, 2.05) is 4.90 Å². The lowest BCUT2D eigenvalue weighted by molar-refractivity contribution is -0.132. The molecule has 9 nitrogen and oxygen atoms in total. The van der Waals surface area contributed by atoms with Gasteiger partial charge in [-0.05, 0) is 44.1 Å². The van der Waals surface area contributed by atoms with E-state index < -0.39 is 10.0 Å². The molecule has 2 aliphatic heterocycles. The van der Waals surface area contributed by atoms with Gasteiger partial charge in [-0.3, -0.25) is 9.59 Å². The van der Waals surface area contributed by atoms with Gasteiger partial charge in [0, 0.05) is 39.1 Å². The minimum absolute atomic E-state index is 0.0328. The maximum atomic E-state index is 12.7. The van der Waals surface area contributed by atoms with Gasteiger partial charge in [0.25, 0.3) is 15.9 Å². The molecule has 0 aliphatic carbocycles. The zero-order valence-electron chi connectivity index (χ0n) is 18.3. The first kappa shape index (κ1) is 22.9. The van der Waals surface area contributed by atoms with Crippen LogP contribution in [-0.4, -0.2) is 79.1 Å². The Bertz CT molecular complexity index is 1070. The number of aromatic nitrogens is 1. The van der Waals surface area contributed by atoms with Gasteiger partial charge < -0.3 is 14.2 Å². The molecular weight excluding hydrogens is 452 g/mol. The van der Waals surface area contributed by atoms with Gasteiger partial charge >= 0.3 is 0 Å². The highest BCUT2D eigenvalue weighted by molar-refractivity contribution is 7.91. The van der Waals surface area contributed by atoms with Gasteiger partial charge in [-0.25, -0.2) is 13.4 Å². The number of sulfonamides is 1. The standard InChI is InChI=1S/C21H28N4O5S2/c1-15-19(21(27)25-9-3-4-10-25)22-20(30-15)16-7-11-24(12-8-16)17(26)14-23(2)32(28,29)18-6-5-13-31-18/h5-6,13,16H,3-4,7-12,14H2,1-2H3. The quantitative estimate of drug-likeness (QED) is 0.628. The zero-order chi connectivity index (χ0) is 22.9. The smallest absolute Gasteiger partial charge is 0.276 e. The first-order chi connectivity index (χ1) is 15.3. The predicted molar refractivity (Wildman–Crippen MR) is 119 cm³/mol. The van der Waals surface area contributed by atoms with Crippen LogP contribution in [0.3, 0.4) is 0 Å². The van der Waals surface area contributed by atoms with Crippen molar-refractivity contribution in [3.8, 4) is 0 Å². The van der Waals surface area contributed by atoms with E-state index in [4.69, 9.17) is 4.42 Å². The molecule has 2 fully saturated rings. The highest BCUT2D eigenvalue weighted by Gasteiger charge is 2.32. The Hall–Kier alpha value is -2.24. The molecule has 0 radical (unpaired) electrons. The number of carbonyl (C=O) groups is 2. The van der Waals surface area contributed by atoms with Crippen LogP contribution in [0.25, 0.3) is 0 Å². The van der Waals surface area contributed by atoms with E-state index >= 15 is 0 Å². The Kier molecular flexibility index (Phi) is 6.68. The lowest BCUT2D eigenvalue weighted by Gasteiger charge is -2.31. The topological polar surface area (TPSA) is 104 Å². The number of hydrogen-bond donors (Lipinski definition) is 0. The minimum Gasteiger partial charge on any atom is -0.445 e. The molecule has 2 aromatic rings. The number of likely N-dealkylation sites (N-methyl/N-ethyl adjacent to an activating group) is 1. The summed E-state index contributed by atoms with van der Waals surface area (Å²) in [5.74, 6) is 0.827. The minimum atomic E-state index is -3.66. The van der Waals surface area contributed by atoms with E-state index in [9.17, 15) is 18.0 Å². The number of rotatable bonds is 6. The van der Waals surface area contributed by atoms with Gasteiger partial charge in [0.05, 0.1) is 6.54 Å². The van der Waals surface area contributed by atoms with E-state index in [-0.39, 0.29) is 28.5 Å². The van der Waals surface area contributed by atoms with Crippen LogP contribution in [0.4, 0.5) is 0 Å². The van der Waals surface area contributed by atoms with Crippen molar-refractivity contribution in [3.05, 3.63) is 34.9 Å². The normalized spacial score (nSPS) is 18.0. The fraction of sp³-hybridized carbons (Fsp3) is 0.571. The van der Waals surface area contributed by atoms with Crippen LogP contribution in [-0.2, 0) is 14.8 Å². The fourth-order valence-corrected chi connectivity index (χ4v) is 6.50. The molecule has 4 rings (SSSR count). The molecule has 0 bridgehead atoms. The van der Waals surface area contributed by atoms with E-state index in [1.54, 1.807) is 23.3 Å². The van der Waals surface area contributed by atoms with E-state index in [2.05, 4.69) is 4.98 Å². The number of hydrogen-bond acceptors (Lipinski definition) is 7. The summed E-state index contributed by atoms with van der Waals surface area (Å²) >= 11 is 1.13. The summed E-state index contributed by atoms with van der Waals surface area (Å²) in [5.41, 5.74) is 0.390. The number of thiophene rings is 1. The van der Waals surface area contributed by atoms with Gasteiger partial charge in [-0.2, -0.15) is 4.31 Å². The van der Waals surface area contributed by atoms with E-state index in [0.29, 0.717) is 43.3 Å². The van der Waals surface area contributed by atoms with Gasteiger partial charge in [-0.1, -0.05) is 6.07 Å². The fourth-order valence-electron chi connectivity index (χ4n) is 4.18. The van der Waals surface area contributed by atoms with Crippen LogP contribution < -0.4 is 0 Å². The van der Waals surface area contributed by atoms with Crippen molar-refractivity contribution in [2.75, 3.05) is 39.8 Å². The zero-order valence-corrected chi connectivity index (χ0v) is 20.0. The summed E-state index contributed by atoms with van der Waals surface area (Å²) in [5, 5.41) is 1.70. The number of amides is 2. The predicted octanol–water partition coefficient (Wildman–Crippen LogP) is 2.31. The van der Waals surface area contributed by atoms with Crippen LogP contribution in [0, 0.1) is 6.92 Å². The second-order valence-electron chi connectivity index (χ2n) is 8.30. The summed E-state index contributed by atoms with van der Waals surface area (Å²) < 4.78 is 32.3. The Morgan fingerprint density at radius 3 is 2.50 bits per heavy atom. The summed E-state index contributed by atoms with van der Waals surface area (Å²) in [6.45, 7) is 4.08. The lowest BCUT2D eigenvalue weighted by Crippen LogP contribution is -2.44. The lowest BCUT2D eigenvalue weighted by atomic mass is 9.97. The molecule has 0 spiro atoms. The average molecular weight is 481 g/mol. The second-order valence-corrected chi connectivity index (χ2v) is 11.5. The number of piperidine rings is 1. The number of likely N-dealkylation sites (tertiary alicyclic amines) is 2. The van der Waals surface area contributed by atoms with Crippen molar-refractivity contribution < 1.29 is 22.4 Å². The molecule has 0 unspecified atom stereocenters. The maximum absolute atomic E-state index is 12.7. The third kappa shape index (κ3) is 4.60. The summed E-state index contributed by atoms with van der Waals surface area (Å²) in [6.07, 6.45) is 3.35. The molecule has 174 valence electrons. The molecule has 4 heterocycles. The molecular formula is C21H28N4O5S2. The van der Waals surface area contributed by atoms with Crippen LogP contribution in [0.15, 0.2) is 26.1 Å². The van der Waals surface area contributed by atoms with Crippen LogP contribution in [0.1, 0.15) is 53.7 Å². The second kappa shape index (κ2) is 9.32. The van der Waals surface area contributed by atoms with Crippen molar-refractivity contribution in [3.63, 3.8) is 0 Å². The summed E-state index contributed by atoms with van der Waals surface area (Å²) in [4.78, 5) is 33.4. The van der Waals surface area contributed by atoms with Crippen LogP contribution in [0.5, 0.6) is 0 Å². The molecule has 2 aromatic heterocycles. The Balaban J connectivity index is 1.33. The highest BCUT2D eigenvalue weighted by atomic mass is 32.2. The van der Waals surface area contributed by atoms with Gasteiger partial charge in [0.15, 0.2) is 11.6 Å². The van der Waals surface area contributed by atoms with Gasteiger partial charge in [0.2, 0.25) is 5.91 Å². The van der Waals surface area contributed by atoms with Gasteiger partial charge in [0.1, 0.15) is 9.97 Å². The average Bonchev–Trinajstić information content (AvgIpc) is 3.55. The molecule has 0 atom stereocenters. The van der Waals surface area contributed by atoms with Crippen LogP contribution in [0.2, 0.25) is 0 Å². The van der Waals surface area contributed by atoms with Crippen molar-refractivity contribution in [2.24, 2.45) is 0 Å². The summed E-state index contributed by atoms with van der Waals surface area (Å²) in [6, 6.07) is 3.21. The highest BCUT2D eigenvalue weighted by Crippen LogP contribution is 2.30. The van der Waals surface area contributed by atoms with Crippen molar-refractivity contribution >= 4 is 33.2 Å². The molecule has 2 aliphatic rings. The SMILES string of the molecule is Cc1oc(C2CCN(C(=O)CN(C)S(=O)(=O)c3cccs3)CC2)nc1C(=O)N1CCCC1. The first-order valence-electron chi connectivity index (χ1n) is 10.8. The number of aryl methyl sites for hydroxylation is 1. The maximum Gasteiger partial charge on any atom is 0.276 e. The number of oxazole rings is 1. The molecule has 11 heteroatoms. The summed E-state index contributed by atoms with van der Waals surface area (Å²) in [7, 11) is -2.23. The number of nitrogens with zero attached hydrogens (tertiary/aromatic N) is 4. The number of carbonyl (C=O) groups excluding carboxylic acids is 2. The molecule has 2 amide bonds. The first-order valence-corrected chi connectivity index (χ1v) is 13.1. The Labute approximate surface area is 192 Å². The molecule has 0 N–H and O–H groups in total. The third-order valence-electron chi connectivity index (χ3n) is 6.12. The molecule has 0 aromatic carbocycles. The van der Waals surface area contributed by atoms with Crippen molar-refractivity contribution in [1.29, 1.82) is 0 Å². The Morgan fingerprint density at radius 2 is 1.88 bits per heavy atom. The van der Waals surface area contributed by atoms with Crippen molar-refractivity contribution in [1.82, 2.24) is 19.1 Å². The molecule has 0 saturated carbocycles. The van der Waals surface area contributed by atoms with E-state index in [0.717, 1.165) is 41.6 Å². The molecule has 32 heavy (non-hydrogen) atoms. The molecule has 2 saturated heterocycles. The monoisotopic (exact) mass is 480 g/mol. The van der Waals surface area contributed by atoms with Crippen LogP contribution >= 0.6 is 11.3 Å². The van der Waals surface area contributed by atoms with E-state index in [1.165, 1.54) is 13.1 Å². The Morgan fingerprint density at radius 1 is 1.19 bits per heavy atom. The van der Waals surface area contributed by atoms with Crippen molar-refractivity contribution in [2.45, 2.75) is 42.7 Å². The van der Waals surface area contributed by atoms with Gasteiger partial charge in [-0.15, -0.1) is 11.3 Å². The largest absolute Gasteiger partial charge is 0.445 e.